The molecule has 0 bridgehead atoms. The summed E-state index contributed by atoms with van der Waals surface area (Å²) in [6, 6.07) is 3.50. The Hall–Kier alpha value is -4.14. The van der Waals surface area contributed by atoms with Crippen LogP contribution in [0.25, 0.3) is 11.1 Å². The van der Waals surface area contributed by atoms with Gasteiger partial charge in [-0.25, -0.2) is 9.37 Å². The molecule has 4 rings (SSSR count). The highest BCUT2D eigenvalue weighted by molar-refractivity contribution is 5.83. The minimum absolute atomic E-state index is 0.157. The molecule has 5 heteroatoms. The third-order valence-electron chi connectivity index (χ3n) is 7.23. The highest BCUT2D eigenvalue weighted by Gasteiger charge is 2.18. The molecule has 0 atom stereocenters. The second-order valence-electron chi connectivity index (χ2n) is 9.98. The number of nitrogen functional groups attached to an aromatic ring is 1. The van der Waals surface area contributed by atoms with Crippen LogP contribution in [0.15, 0.2) is 85.0 Å². The number of aromatic amines is 1. The minimum atomic E-state index is -0.418. The molecule has 2 aliphatic rings. The van der Waals surface area contributed by atoms with E-state index in [-0.39, 0.29) is 5.69 Å². The van der Waals surface area contributed by atoms with Gasteiger partial charge in [0.2, 0.25) is 0 Å². The number of imidazole rings is 1. The predicted octanol–water partition coefficient (Wildman–Crippen LogP) is 7.74. The maximum absolute atomic E-state index is 15.1. The van der Waals surface area contributed by atoms with Crippen LogP contribution in [0.1, 0.15) is 60.9 Å². The van der Waals surface area contributed by atoms with Crippen molar-refractivity contribution in [1.29, 1.82) is 0 Å². The van der Waals surface area contributed by atoms with Crippen molar-refractivity contribution in [1.82, 2.24) is 14.9 Å². The van der Waals surface area contributed by atoms with Crippen molar-refractivity contribution in [3.05, 3.63) is 119 Å². The zero-order valence-corrected chi connectivity index (χ0v) is 23.8. The van der Waals surface area contributed by atoms with Gasteiger partial charge in [0.1, 0.15) is 11.6 Å². The first-order chi connectivity index (χ1) is 19.4. The van der Waals surface area contributed by atoms with Gasteiger partial charge in [0.05, 0.1) is 11.4 Å². The third kappa shape index (κ3) is 7.49. The summed E-state index contributed by atoms with van der Waals surface area (Å²) in [5.74, 6) is 0.325. The summed E-state index contributed by atoms with van der Waals surface area (Å²) in [5, 5.41) is 0. The lowest BCUT2D eigenvalue weighted by molar-refractivity contribution is 0.248. The number of nitrogens with zero attached hydrogens (tertiary/aromatic N) is 2. The Kier molecular flexibility index (Phi) is 11.3. The van der Waals surface area contributed by atoms with E-state index in [1.165, 1.54) is 25.3 Å². The molecule has 0 radical (unpaired) electrons. The maximum atomic E-state index is 15.1. The summed E-state index contributed by atoms with van der Waals surface area (Å²) in [6.45, 7) is 15.0. The molecule has 40 heavy (non-hydrogen) atoms. The number of likely N-dealkylation sites (tertiary alicyclic amines) is 1. The number of terminal acetylenes is 1. The first-order valence-corrected chi connectivity index (χ1v) is 13.8. The molecule has 0 unspecified atom stereocenters. The third-order valence-corrected chi connectivity index (χ3v) is 7.23. The fourth-order valence-electron chi connectivity index (χ4n) is 5.20. The molecule has 1 saturated heterocycles. The summed E-state index contributed by atoms with van der Waals surface area (Å²) in [5.41, 5.74) is 13.9. The number of piperidine rings is 1. The number of hydrogen-bond donors (Lipinski definition) is 2. The number of nitrogens with one attached hydrogen (secondary N) is 1. The van der Waals surface area contributed by atoms with Crippen LogP contribution in [-0.4, -0.2) is 34.5 Å². The Morgan fingerprint density at radius 3 is 2.58 bits per heavy atom. The van der Waals surface area contributed by atoms with Gasteiger partial charge in [0, 0.05) is 24.2 Å². The second-order valence-corrected chi connectivity index (χ2v) is 9.98. The topological polar surface area (TPSA) is 57.9 Å². The Bertz CT molecular complexity index is 1390. The number of halogens is 1. The number of rotatable bonds is 10. The number of anilines is 1. The van der Waals surface area contributed by atoms with Crippen LogP contribution < -0.4 is 5.73 Å². The normalized spacial score (nSPS) is 16.3. The number of benzene rings is 1. The molecule has 3 N–H and O–H groups in total. The first-order valence-electron chi connectivity index (χ1n) is 13.8. The van der Waals surface area contributed by atoms with E-state index in [4.69, 9.17) is 10.7 Å². The monoisotopic (exact) mass is 536 g/mol. The standard InChI is InChI=1S/C33H39FN4.C2H2/c1-5-13-29(26-14-9-10-15-26)33-23(4)36-31(37-33)21-28-19-27(20-30(34)32(28)35)25(7-3)18-24(6-2)22-38-16-11-8-12-17-38;1-2/h5-7,9,13-15,18-20H,1-2,8,10-12,16-17,21-22,35H2,3-4H3,(H,36,37);1-2H/b24-18+,25-7+,29-13-;. The van der Waals surface area contributed by atoms with Crippen LogP contribution in [0.3, 0.4) is 0 Å². The van der Waals surface area contributed by atoms with Gasteiger partial charge in [-0.15, -0.1) is 12.8 Å². The average molecular weight is 537 g/mol. The van der Waals surface area contributed by atoms with Crippen LogP contribution in [-0.2, 0) is 6.42 Å². The van der Waals surface area contributed by atoms with Gasteiger partial charge in [-0.2, -0.15) is 0 Å². The van der Waals surface area contributed by atoms with Crippen molar-refractivity contribution < 1.29 is 4.39 Å². The van der Waals surface area contributed by atoms with Crippen molar-refractivity contribution >= 4 is 16.8 Å². The largest absolute Gasteiger partial charge is 0.396 e. The van der Waals surface area contributed by atoms with E-state index in [1.807, 2.05) is 38.1 Å². The Labute approximate surface area is 239 Å². The van der Waals surface area contributed by atoms with Crippen LogP contribution in [0.2, 0.25) is 0 Å². The molecule has 2 aromatic rings. The van der Waals surface area contributed by atoms with Crippen molar-refractivity contribution in [2.45, 2.75) is 46.0 Å². The van der Waals surface area contributed by atoms with Gasteiger partial charge in [-0.1, -0.05) is 68.2 Å². The quantitative estimate of drug-likeness (QED) is 0.186. The van der Waals surface area contributed by atoms with E-state index in [9.17, 15) is 0 Å². The Morgan fingerprint density at radius 1 is 1.20 bits per heavy atom. The van der Waals surface area contributed by atoms with Crippen LogP contribution in [0.5, 0.6) is 0 Å². The van der Waals surface area contributed by atoms with Crippen molar-refractivity contribution in [2.24, 2.45) is 0 Å². The molecule has 1 fully saturated rings. The molecule has 0 amide bonds. The van der Waals surface area contributed by atoms with Crippen LogP contribution in [0.4, 0.5) is 10.1 Å². The van der Waals surface area contributed by atoms with Gasteiger partial charge in [-0.3, -0.25) is 4.90 Å². The lowest BCUT2D eigenvalue weighted by atomic mass is 9.97. The number of nitrogens with two attached hydrogens (primary N) is 1. The summed E-state index contributed by atoms with van der Waals surface area (Å²) in [7, 11) is 0. The maximum Gasteiger partial charge on any atom is 0.146 e. The van der Waals surface area contributed by atoms with Crippen LogP contribution >= 0.6 is 0 Å². The molecule has 208 valence electrons. The molecule has 1 aliphatic heterocycles. The number of allylic oxidation sites excluding steroid dienone is 10. The van der Waals surface area contributed by atoms with Crippen molar-refractivity contribution in [3.63, 3.8) is 0 Å². The Morgan fingerprint density at radius 2 is 1.95 bits per heavy atom. The van der Waals surface area contributed by atoms with Gasteiger partial charge in [-0.05, 0) is 86.2 Å². The number of H-pyrrole nitrogens is 1. The lowest BCUT2D eigenvalue weighted by Crippen LogP contribution is -2.31. The Balaban J connectivity index is 0.00000216. The van der Waals surface area contributed by atoms with Crippen molar-refractivity contribution in [3.8, 4) is 12.8 Å². The van der Waals surface area contributed by atoms with E-state index in [2.05, 4.69) is 60.2 Å². The molecule has 1 aromatic carbocycles. The summed E-state index contributed by atoms with van der Waals surface area (Å²) in [4.78, 5) is 10.7. The summed E-state index contributed by atoms with van der Waals surface area (Å²) in [6.07, 6.45) is 29.3. The molecule has 2 heterocycles. The fraction of sp³-hybridized carbons (Fsp3) is 0.286. The minimum Gasteiger partial charge on any atom is -0.396 e. The smallest absolute Gasteiger partial charge is 0.146 e. The summed E-state index contributed by atoms with van der Waals surface area (Å²) >= 11 is 0. The van der Waals surface area contributed by atoms with E-state index < -0.39 is 5.82 Å². The van der Waals surface area contributed by atoms with Gasteiger partial charge < -0.3 is 10.7 Å². The number of hydrogen-bond acceptors (Lipinski definition) is 3. The highest BCUT2D eigenvalue weighted by atomic mass is 19.1. The van der Waals surface area contributed by atoms with E-state index in [0.29, 0.717) is 12.0 Å². The van der Waals surface area contributed by atoms with Crippen LogP contribution in [0, 0.1) is 25.6 Å². The SMILES string of the molecule is C#C.C=C/C=C(/C1=CCC=C1)c1nc(Cc2cc(C(/C=C(\C=C)CN3CCCCC3)=C/C)cc(F)c2N)[nH]c1C. The number of aromatic nitrogens is 2. The van der Waals surface area contributed by atoms with Gasteiger partial charge >= 0.3 is 0 Å². The lowest BCUT2D eigenvalue weighted by Gasteiger charge is -2.26. The molecular weight excluding hydrogens is 495 g/mol. The predicted molar refractivity (Wildman–Crippen MR) is 169 cm³/mol. The molecule has 0 spiro atoms. The summed E-state index contributed by atoms with van der Waals surface area (Å²) < 4.78 is 15.1. The molecular formula is C35H41FN4. The van der Waals surface area contributed by atoms with E-state index in [1.54, 1.807) is 6.08 Å². The van der Waals surface area contributed by atoms with E-state index in [0.717, 1.165) is 71.1 Å². The molecule has 1 aliphatic carbocycles. The van der Waals surface area contributed by atoms with Gasteiger partial charge in [0.15, 0.2) is 0 Å². The zero-order valence-electron chi connectivity index (χ0n) is 23.8. The average Bonchev–Trinajstić information content (AvgIpc) is 3.63. The first kappa shape index (κ1) is 30.4. The second kappa shape index (κ2) is 14.9. The van der Waals surface area contributed by atoms with Gasteiger partial charge in [0.25, 0.3) is 0 Å². The fourth-order valence-corrected chi connectivity index (χ4v) is 5.20. The molecule has 1 aromatic heterocycles. The molecule has 4 nitrogen and oxygen atoms in total. The number of aryl methyl sites for hydroxylation is 1. The van der Waals surface area contributed by atoms with Crippen molar-refractivity contribution in [2.75, 3.05) is 25.4 Å². The van der Waals surface area contributed by atoms with E-state index >= 15 is 4.39 Å². The highest BCUT2D eigenvalue weighted by Crippen LogP contribution is 2.31. The zero-order chi connectivity index (χ0) is 29.1. The molecule has 0 saturated carbocycles.